The highest BCUT2D eigenvalue weighted by Gasteiger charge is 2.23. The third kappa shape index (κ3) is 6.20. The molecule has 1 saturated heterocycles. The molecule has 0 atom stereocenters. The first kappa shape index (κ1) is 22.1. The average Bonchev–Trinajstić information content (AvgIpc) is 2.73. The number of esters is 1. The van der Waals surface area contributed by atoms with Crippen LogP contribution < -0.4 is 9.64 Å². The number of rotatable bonds is 8. The Morgan fingerprint density at radius 3 is 2.53 bits per heavy atom. The molecular formula is C24H33N3O3. The molecule has 2 heterocycles. The Labute approximate surface area is 179 Å². The quantitative estimate of drug-likeness (QED) is 0.612. The summed E-state index contributed by atoms with van der Waals surface area (Å²) >= 11 is 0. The van der Waals surface area contributed by atoms with Crippen molar-refractivity contribution in [2.24, 2.45) is 5.92 Å². The number of aromatic nitrogens is 1. The van der Waals surface area contributed by atoms with Gasteiger partial charge in [0.2, 0.25) is 0 Å². The van der Waals surface area contributed by atoms with Gasteiger partial charge in [-0.15, -0.1) is 0 Å². The summed E-state index contributed by atoms with van der Waals surface area (Å²) in [6.45, 7) is 13.1. The lowest BCUT2D eigenvalue weighted by atomic mass is 10.1. The molecule has 0 spiro atoms. The van der Waals surface area contributed by atoms with E-state index in [9.17, 15) is 4.79 Å². The van der Waals surface area contributed by atoms with Crippen LogP contribution in [-0.2, 0) is 11.3 Å². The topological polar surface area (TPSA) is 54.9 Å². The second-order valence-corrected chi connectivity index (χ2v) is 8.44. The Hall–Kier alpha value is -2.60. The molecule has 1 aliphatic rings. The standard InChI is InChI=1S/C24H33N3O3/c1-18(2)17-29-21-8-5-7-20(15-21)16-26-11-13-27(14-12-26)23-22(9-6-10-25-23)24(28)30-19(3)4/h5-10,15,18-19H,11-14,16-17H2,1-4H3. The fourth-order valence-corrected chi connectivity index (χ4v) is 3.46. The van der Waals surface area contributed by atoms with Gasteiger partial charge in [-0.25, -0.2) is 9.78 Å². The number of hydrogen-bond acceptors (Lipinski definition) is 6. The predicted molar refractivity (Wildman–Crippen MR) is 119 cm³/mol. The summed E-state index contributed by atoms with van der Waals surface area (Å²) < 4.78 is 11.2. The second kappa shape index (κ2) is 10.4. The molecule has 6 nitrogen and oxygen atoms in total. The smallest absolute Gasteiger partial charge is 0.342 e. The maximum atomic E-state index is 12.4. The summed E-state index contributed by atoms with van der Waals surface area (Å²) in [6.07, 6.45) is 1.58. The molecule has 0 amide bonds. The highest BCUT2D eigenvalue weighted by Crippen LogP contribution is 2.22. The number of pyridine rings is 1. The molecule has 2 aromatic rings. The van der Waals surface area contributed by atoms with Crippen molar-refractivity contribution in [3.63, 3.8) is 0 Å². The second-order valence-electron chi connectivity index (χ2n) is 8.44. The molecular weight excluding hydrogens is 378 g/mol. The Bertz CT molecular complexity index is 830. The van der Waals surface area contributed by atoms with Gasteiger partial charge in [-0.2, -0.15) is 0 Å². The maximum Gasteiger partial charge on any atom is 0.342 e. The first-order chi connectivity index (χ1) is 14.4. The van der Waals surface area contributed by atoms with E-state index in [0.717, 1.165) is 45.1 Å². The lowest BCUT2D eigenvalue weighted by Crippen LogP contribution is -2.46. The van der Waals surface area contributed by atoms with Crippen LogP contribution in [-0.4, -0.2) is 54.7 Å². The first-order valence-electron chi connectivity index (χ1n) is 10.8. The third-order valence-corrected chi connectivity index (χ3v) is 4.91. The fraction of sp³-hybridized carbons (Fsp3) is 0.500. The Morgan fingerprint density at radius 1 is 1.07 bits per heavy atom. The van der Waals surface area contributed by atoms with Crippen LogP contribution >= 0.6 is 0 Å². The SMILES string of the molecule is CC(C)COc1cccc(CN2CCN(c3ncccc3C(=O)OC(C)C)CC2)c1. The molecule has 30 heavy (non-hydrogen) atoms. The molecule has 0 radical (unpaired) electrons. The van der Waals surface area contributed by atoms with E-state index in [4.69, 9.17) is 9.47 Å². The number of carbonyl (C=O) groups is 1. The monoisotopic (exact) mass is 411 g/mol. The number of nitrogens with zero attached hydrogens (tertiary/aromatic N) is 3. The zero-order valence-electron chi connectivity index (χ0n) is 18.5. The number of anilines is 1. The number of benzene rings is 1. The van der Waals surface area contributed by atoms with E-state index in [1.807, 2.05) is 19.9 Å². The maximum absolute atomic E-state index is 12.4. The van der Waals surface area contributed by atoms with Gasteiger partial charge in [0.25, 0.3) is 0 Å². The van der Waals surface area contributed by atoms with E-state index in [1.54, 1.807) is 18.3 Å². The van der Waals surface area contributed by atoms with E-state index in [2.05, 4.69) is 46.8 Å². The molecule has 6 heteroatoms. The fourth-order valence-electron chi connectivity index (χ4n) is 3.46. The molecule has 0 unspecified atom stereocenters. The Kier molecular flexibility index (Phi) is 7.69. The molecule has 0 N–H and O–H groups in total. The first-order valence-corrected chi connectivity index (χ1v) is 10.8. The number of ether oxygens (including phenoxy) is 2. The van der Waals surface area contributed by atoms with E-state index in [0.29, 0.717) is 17.3 Å². The van der Waals surface area contributed by atoms with Crippen molar-refractivity contribution in [1.29, 1.82) is 0 Å². The third-order valence-electron chi connectivity index (χ3n) is 4.91. The Balaban J connectivity index is 1.58. The summed E-state index contributed by atoms with van der Waals surface area (Å²) in [5.74, 6) is 1.85. The van der Waals surface area contributed by atoms with Gasteiger partial charge in [0.15, 0.2) is 0 Å². The summed E-state index contributed by atoms with van der Waals surface area (Å²) in [6, 6.07) is 11.9. The van der Waals surface area contributed by atoms with Gasteiger partial charge < -0.3 is 14.4 Å². The lowest BCUT2D eigenvalue weighted by molar-refractivity contribution is 0.0378. The summed E-state index contributed by atoms with van der Waals surface area (Å²) in [4.78, 5) is 21.5. The largest absolute Gasteiger partial charge is 0.493 e. The number of piperazine rings is 1. The van der Waals surface area contributed by atoms with Gasteiger partial charge in [-0.3, -0.25) is 4.90 Å². The summed E-state index contributed by atoms with van der Waals surface area (Å²) in [7, 11) is 0. The molecule has 0 saturated carbocycles. The molecule has 1 aliphatic heterocycles. The summed E-state index contributed by atoms with van der Waals surface area (Å²) in [5.41, 5.74) is 1.79. The van der Waals surface area contributed by atoms with Crippen LogP contribution in [0.25, 0.3) is 0 Å². The van der Waals surface area contributed by atoms with Gasteiger partial charge in [0, 0.05) is 38.9 Å². The van der Waals surface area contributed by atoms with Gasteiger partial charge in [0.1, 0.15) is 17.1 Å². The predicted octanol–water partition coefficient (Wildman–Crippen LogP) is 4.00. The van der Waals surface area contributed by atoms with E-state index in [-0.39, 0.29) is 12.1 Å². The molecule has 0 aliphatic carbocycles. The van der Waals surface area contributed by atoms with E-state index < -0.39 is 0 Å². The van der Waals surface area contributed by atoms with Crippen molar-refractivity contribution >= 4 is 11.8 Å². The molecule has 0 bridgehead atoms. The molecule has 1 aromatic heterocycles. The number of carbonyl (C=O) groups excluding carboxylic acids is 1. The molecule has 3 rings (SSSR count). The Morgan fingerprint density at radius 2 is 1.83 bits per heavy atom. The highest BCUT2D eigenvalue weighted by atomic mass is 16.5. The van der Waals surface area contributed by atoms with Crippen LogP contribution in [0.1, 0.15) is 43.6 Å². The van der Waals surface area contributed by atoms with Gasteiger partial charge in [-0.05, 0) is 49.6 Å². The van der Waals surface area contributed by atoms with Crippen LogP contribution in [0.3, 0.4) is 0 Å². The van der Waals surface area contributed by atoms with Crippen LogP contribution in [0.4, 0.5) is 5.82 Å². The number of hydrogen-bond donors (Lipinski definition) is 0. The van der Waals surface area contributed by atoms with Gasteiger partial charge >= 0.3 is 5.97 Å². The average molecular weight is 412 g/mol. The summed E-state index contributed by atoms with van der Waals surface area (Å²) in [5, 5.41) is 0. The van der Waals surface area contributed by atoms with Crippen molar-refractivity contribution < 1.29 is 14.3 Å². The zero-order chi connectivity index (χ0) is 21.5. The van der Waals surface area contributed by atoms with Crippen molar-refractivity contribution in [2.75, 3.05) is 37.7 Å². The van der Waals surface area contributed by atoms with E-state index in [1.165, 1.54) is 5.56 Å². The van der Waals surface area contributed by atoms with E-state index >= 15 is 0 Å². The van der Waals surface area contributed by atoms with Crippen molar-refractivity contribution in [3.05, 3.63) is 53.7 Å². The van der Waals surface area contributed by atoms with Crippen LogP contribution in [0.2, 0.25) is 0 Å². The minimum atomic E-state index is -0.311. The minimum absolute atomic E-state index is 0.150. The molecule has 1 fully saturated rings. The van der Waals surface area contributed by atoms with Gasteiger partial charge in [0.05, 0.1) is 12.7 Å². The van der Waals surface area contributed by atoms with Crippen molar-refractivity contribution in [1.82, 2.24) is 9.88 Å². The lowest BCUT2D eigenvalue weighted by Gasteiger charge is -2.36. The normalized spacial score (nSPS) is 14.9. The van der Waals surface area contributed by atoms with Crippen molar-refractivity contribution in [3.8, 4) is 5.75 Å². The molecule has 162 valence electrons. The van der Waals surface area contributed by atoms with Crippen LogP contribution in [0.5, 0.6) is 5.75 Å². The van der Waals surface area contributed by atoms with Gasteiger partial charge in [-0.1, -0.05) is 26.0 Å². The zero-order valence-corrected chi connectivity index (χ0v) is 18.5. The van der Waals surface area contributed by atoms with Crippen LogP contribution in [0.15, 0.2) is 42.6 Å². The van der Waals surface area contributed by atoms with Crippen molar-refractivity contribution in [2.45, 2.75) is 40.3 Å². The van der Waals surface area contributed by atoms with Crippen LogP contribution in [0, 0.1) is 5.92 Å². The highest BCUT2D eigenvalue weighted by molar-refractivity contribution is 5.94. The molecule has 1 aromatic carbocycles. The minimum Gasteiger partial charge on any atom is -0.493 e.